The fourth-order valence-electron chi connectivity index (χ4n) is 4.03. The Hall–Kier alpha value is -2.86. The van der Waals surface area contributed by atoms with Crippen molar-refractivity contribution in [2.75, 3.05) is 7.11 Å². The van der Waals surface area contributed by atoms with E-state index in [0.717, 1.165) is 22.6 Å². The van der Waals surface area contributed by atoms with E-state index in [1.54, 1.807) is 7.11 Å². The Balaban J connectivity index is 1.73. The van der Waals surface area contributed by atoms with Crippen LogP contribution in [0.1, 0.15) is 31.0 Å². The maximum Gasteiger partial charge on any atom is 0.270 e. The van der Waals surface area contributed by atoms with Crippen LogP contribution < -0.4 is 24.4 Å². The van der Waals surface area contributed by atoms with Gasteiger partial charge in [-0.3, -0.25) is 9.36 Å². The molecule has 5 nitrogen and oxygen atoms in total. The molecule has 3 unspecified atom stereocenters. The molecule has 2 bridgehead atoms. The summed E-state index contributed by atoms with van der Waals surface area (Å²) in [5, 5.41) is 0. The van der Waals surface area contributed by atoms with Gasteiger partial charge in [0, 0.05) is 11.5 Å². The van der Waals surface area contributed by atoms with Crippen LogP contribution in [-0.4, -0.2) is 17.4 Å². The number of rotatable bonds is 2. The van der Waals surface area contributed by atoms with Crippen molar-refractivity contribution in [3.63, 3.8) is 0 Å². The number of ether oxygens (including phenoxy) is 2. The van der Waals surface area contributed by atoms with Crippen molar-refractivity contribution < 1.29 is 9.47 Å². The molecule has 3 atom stereocenters. The molecule has 0 amide bonds. The highest BCUT2D eigenvalue weighted by Crippen LogP contribution is 2.46. The Kier molecular flexibility index (Phi) is 3.74. The van der Waals surface area contributed by atoms with E-state index < -0.39 is 5.72 Å². The second-order valence-corrected chi connectivity index (χ2v) is 8.39. The minimum absolute atomic E-state index is 0.00447. The number of para-hydroxylation sites is 1. The van der Waals surface area contributed by atoms with E-state index in [0.29, 0.717) is 9.33 Å². The van der Waals surface area contributed by atoms with Crippen LogP contribution in [0.25, 0.3) is 6.08 Å². The number of fused-ring (bicyclic) bond motifs is 6. The molecular formula is C22H20N2O3S. The summed E-state index contributed by atoms with van der Waals surface area (Å²) in [6.07, 6.45) is 1.91. The molecule has 5 rings (SSSR count). The molecule has 0 saturated heterocycles. The fraction of sp³-hybridized carbons (Fsp3) is 0.273. The number of hydrogen-bond acceptors (Lipinski definition) is 5. The smallest absolute Gasteiger partial charge is 0.270 e. The molecule has 3 aromatic rings. The van der Waals surface area contributed by atoms with Gasteiger partial charge in [0.15, 0.2) is 4.80 Å². The molecule has 0 aliphatic carbocycles. The largest absolute Gasteiger partial charge is 0.497 e. The zero-order chi connectivity index (χ0) is 19.5. The van der Waals surface area contributed by atoms with Gasteiger partial charge in [0.1, 0.15) is 11.5 Å². The number of nitrogens with zero attached hydrogens (tertiary/aromatic N) is 2. The third-order valence-corrected chi connectivity index (χ3v) is 6.70. The van der Waals surface area contributed by atoms with Crippen molar-refractivity contribution in [1.82, 2.24) is 4.57 Å². The molecule has 142 valence electrons. The predicted octanol–water partition coefficient (Wildman–Crippen LogP) is 2.71. The van der Waals surface area contributed by atoms with E-state index in [1.165, 1.54) is 11.3 Å². The molecule has 0 spiro atoms. The first-order chi connectivity index (χ1) is 13.5. The van der Waals surface area contributed by atoms with Crippen molar-refractivity contribution in [3.8, 4) is 11.5 Å². The molecule has 2 aromatic carbocycles. The van der Waals surface area contributed by atoms with Gasteiger partial charge in [0.25, 0.3) is 5.56 Å². The number of hydrogen-bond donors (Lipinski definition) is 0. The highest BCUT2D eigenvalue weighted by molar-refractivity contribution is 7.07. The van der Waals surface area contributed by atoms with E-state index in [-0.39, 0.29) is 17.5 Å². The average molecular weight is 392 g/mol. The highest BCUT2D eigenvalue weighted by atomic mass is 32.1. The molecule has 28 heavy (non-hydrogen) atoms. The molecule has 3 heterocycles. The third kappa shape index (κ3) is 2.44. The Morgan fingerprint density at radius 2 is 1.96 bits per heavy atom. The maximum absolute atomic E-state index is 13.3. The van der Waals surface area contributed by atoms with Crippen molar-refractivity contribution in [3.05, 3.63) is 79.3 Å². The first-order valence-corrected chi connectivity index (χ1v) is 10.1. The fourth-order valence-corrected chi connectivity index (χ4v) is 5.13. The second kappa shape index (κ2) is 6.07. The van der Waals surface area contributed by atoms with Crippen molar-refractivity contribution >= 4 is 17.4 Å². The third-order valence-electron chi connectivity index (χ3n) is 5.72. The monoisotopic (exact) mass is 392 g/mol. The summed E-state index contributed by atoms with van der Waals surface area (Å²) in [5.41, 5.74) is 1.32. The van der Waals surface area contributed by atoms with Crippen LogP contribution in [0.4, 0.5) is 0 Å². The number of thiazole rings is 1. The molecule has 0 fully saturated rings. The Labute approximate surface area is 166 Å². The Morgan fingerprint density at radius 1 is 1.21 bits per heavy atom. The van der Waals surface area contributed by atoms with Gasteiger partial charge in [-0.05, 0) is 36.8 Å². The van der Waals surface area contributed by atoms with Gasteiger partial charge in [-0.1, -0.05) is 48.6 Å². The van der Waals surface area contributed by atoms with Gasteiger partial charge in [0.2, 0.25) is 5.72 Å². The molecule has 0 radical (unpaired) electrons. The summed E-state index contributed by atoms with van der Waals surface area (Å²) in [6, 6.07) is 15.5. The zero-order valence-corrected chi connectivity index (χ0v) is 16.7. The summed E-state index contributed by atoms with van der Waals surface area (Å²) < 4.78 is 14.0. The normalized spacial score (nSPS) is 25.3. The number of aromatic nitrogens is 1. The van der Waals surface area contributed by atoms with Crippen LogP contribution in [0.5, 0.6) is 11.5 Å². The lowest BCUT2D eigenvalue weighted by atomic mass is 9.83. The van der Waals surface area contributed by atoms with Gasteiger partial charge in [0.05, 0.1) is 17.7 Å². The van der Waals surface area contributed by atoms with Gasteiger partial charge < -0.3 is 9.47 Å². The number of methoxy groups -OCH3 is 1. The van der Waals surface area contributed by atoms with Gasteiger partial charge in [-0.2, -0.15) is 0 Å². The molecular weight excluding hydrogens is 372 g/mol. The molecule has 2 aliphatic rings. The van der Waals surface area contributed by atoms with E-state index in [2.05, 4.69) is 6.92 Å². The Bertz CT molecular complexity index is 1240. The van der Waals surface area contributed by atoms with Crippen LogP contribution in [-0.2, 0) is 0 Å². The standard InChI is InChI=1S/C22H20N2O3S/c1-13-19-16-6-4-5-7-17(16)27-22(13,2)23-21-24(19)20(25)18(28-21)12-14-8-10-15(26-3)11-9-14/h4-13,19H,1-3H3. The maximum atomic E-state index is 13.3. The lowest BCUT2D eigenvalue weighted by Crippen LogP contribution is -2.54. The van der Waals surface area contributed by atoms with Crippen molar-refractivity contribution in [2.45, 2.75) is 25.6 Å². The zero-order valence-electron chi connectivity index (χ0n) is 15.9. The summed E-state index contributed by atoms with van der Waals surface area (Å²) >= 11 is 1.42. The molecule has 0 saturated carbocycles. The lowest BCUT2D eigenvalue weighted by molar-refractivity contribution is -0.0121. The average Bonchev–Trinajstić information content (AvgIpc) is 2.97. The van der Waals surface area contributed by atoms with Crippen LogP contribution in [0.15, 0.2) is 58.3 Å². The summed E-state index contributed by atoms with van der Waals surface area (Å²) in [5.74, 6) is 1.65. The van der Waals surface area contributed by atoms with E-state index in [1.807, 2.05) is 66.1 Å². The van der Waals surface area contributed by atoms with Crippen molar-refractivity contribution in [1.29, 1.82) is 0 Å². The predicted molar refractivity (Wildman–Crippen MR) is 109 cm³/mol. The summed E-state index contributed by atoms with van der Waals surface area (Å²) in [7, 11) is 1.64. The molecule has 0 N–H and O–H groups in total. The Morgan fingerprint density at radius 3 is 2.71 bits per heavy atom. The summed E-state index contributed by atoms with van der Waals surface area (Å²) in [6.45, 7) is 4.10. The van der Waals surface area contributed by atoms with Gasteiger partial charge >= 0.3 is 0 Å². The molecule has 6 heteroatoms. The van der Waals surface area contributed by atoms with Crippen LogP contribution >= 0.6 is 11.3 Å². The second-order valence-electron chi connectivity index (χ2n) is 7.38. The van der Waals surface area contributed by atoms with Crippen molar-refractivity contribution in [2.24, 2.45) is 10.9 Å². The highest BCUT2D eigenvalue weighted by Gasteiger charge is 2.48. The minimum atomic E-state index is -0.673. The minimum Gasteiger partial charge on any atom is -0.497 e. The van der Waals surface area contributed by atoms with Crippen LogP contribution in [0, 0.1) is 5.92 Å². The van der Waals surface area contributed by atoms with E-state index >= 15 is 0 Å². The lowest BCUT2D eigenvalue weighted by Gasteiger charge is -2.45. The SMILES string of the molecule is COc1ccc(C=c2sc3n(c2=O)C2c4ccccc4OC(C)(N=3)C2C)cc1. The number of benzene rings is 2. The van der Waals surface area contributed by atoms with Gasteiger partial charge in [-0.25, -0.2) is 4.99 Å². The van der Waals surface area contributed by atoms with Crippen LogP contribution in [0.3, 0.4) is 0 Å². The van der Waals surface area contributed by atoms with E-state index in [9.17, 15) is 4.79 Å². The van der Waals surface area contributed by atoms with Crippen LogP contribution in [0.2, 0.25) is 0 Å². The molecule has 2 aliphatic heterocycles. The first kappa shape index (κ1) is 17.3. The summed E-state index contributed by atoms with van der Waals surface area (Å²) in [4.78, 5) is 18.9. The van der Waals surface area contributed by atoms with E-state index in [4.69, 9.17) is 14.5 Å². The first-order valence-electron chi connectivity index (χ1n) is 9.25. The topological polar surface area (TPSA) is 52.8 Å². The van der Waals surface area contributed by atoms with Gasteiger partial charge in [-0.15, -0.1) is 0 Å². The quantitative estimate of drug-likeness (QED) is 0.674. The molecule has 1 aromatic heterocycles.